The standard InChI is InChI=1S/C12H14BrN3/c1-8(14)11-7-12(16(2)15-11)9-5-3-4-6-10(9)13/h3-8H,14H2,1-2H3. The second-order valence-corrected chi connectivity index (χ2v) is 4.70. The molecule has 84 valence electrons. The van der Waals surface area contributed by atoms with Crippen LogP contribution in [0.15, 0.2) is 34.8 Å². The number of hydrogen-bond donors (Lipinski definition) is 1. The molecule has 0 bridgehead atoms. The van der Waals surface area contributed by atoms with Gasteiger partial charge >= 0.3 is 0 Å². The van der Waals surface area contributed by atoms with Gasteiger partial charge in [0.05, 0.1) is 11.4 Å². The molecular formula is C12H14BrN3. The van der Waals surface area contributed by atoms with Gasteiger partial charge in [-0.05, 0) is 19.1 Å². The molecule has 0 saturated heterocycles. The van der Waals surface area contributed by atoms with E-state index in [0.29, 0.717) is 0 Å². The van der Waals surface area contributed by atoms with Gasteiger partial charge < -0.3 is 5.73 Å². The lowest BCUT2D eigenvalue weighted by molar-refractivity contribution is 0.702. The van der Waals surface area contributed by atoms with E-state index in [1.54, 1.807) is 0 Å². The number of aromatic nitrogens is 2. The van der Waals surface area contributed by atoms with E-state index in [0.717, 1.165) is 21.4 Å². The summed E-state index contributed by atoms with van der Waals surface area (Å²) in [6.07, 6.45) is 0. The lowest BCUT2D eigenvalue weighted by Crippen LogP contribution is -2.06. The first-order chi connectivity index (χ1) is 7.59. The first kappa shape index (κ1) is 11.4. The fourth-order valence-corrected chi connectivity index (χ4v) is 2.12. The van der Waals surface area contributed by atoms with Crippen molar-refractivity contribution in [3.05, 3.63) is 40.5 Å². The third kappa shape index (κ3) is 2.03. The molecule has 0 spiro atoms. The third-order valence-corrected chi connectivity index (χ3v) is 3.21. The van der Waals surface area contributed by atoms with Crippen LogP contribution < -0.4 is 5.73 Å². The molecule has 0 saturated carbocycles. The Morgan fingerprint density at radius 1 is 1.38 bits per heavy atom. The highest BCUT2D eigenvalue weighted by Gasteiger charge is 2.11. The van der Waals surface area contributed by atoms with E-state index in [1.165, 1.54) is 0 Å². The maximum atomic E-state index is 5.82. The molecule has 2 rings (SSSR count). The van der Waals surface area contributed by atoms with Gasteiger partial charge in [0.15, 0.2) is 0 Å². The Labute approximate surface area is 103 Å². The molecule has 0 aliphatic rings. The van der Waals surface area contributed by atoms with E-state index in [4.69, 9.17) is 5.73 Å². The molecule has 0 aliphatic heterocycles. The molecule has 16 heavy (non-hydrogen) atoms. The molecular weight excluding hydrogens is 266 g/mol. The van der Waals surface area contributed by atoms with E-state index in [-0.39, 0.29) is 6.04 Å². The number of halogens is 1. The summed E-state index contributed by atoms with van der Waals surface area (Å²) < 4.78 is 2.92. The molecule has 0 radical (unpaired) electrons. The Hall–Kier alpha value is -1.13. The van der Waals surface area contributed by atoms with Crippen molar-refractivity contribution in [1.82, 2.24) is 9.78 Å². The summed E-state index contributed by atoms with van der Waals surface area (Å²) in [5.74, 6) is 0. The highest BCUT2D eigenvalue weighted by Crippen LogP contribution is 2.28. The van der Waals surface area contributed by atoms with Crippen molar-refractivity contribution < 1.29 is 0 Å². The molecule has 1 heterocycles. The van der Waals surface area contributed by atoms with E-state index >= 15 is 0 Å². The van der Waals surface area contributed by atoms with Gasteiger partial charge in [-0.3, -0.25) is 4.68 Å². The molecule has 0 aliphatic carbocycles. The lowest BCUT2D eigenvalue weighted by Gasteiger charge is -2.03. The van der Waals surface area contributed by atoms with Gasteiger partial charge in [0.25, 0.3) is 0 Å². The first-order valence-electron chi connectivity index (χ1n) is 5.14. The first-order valence-corrected chi connectivity index (χ1v) is 5.93. The number of nitrogens with zero attached hydrogens (tertiary/aromatic N) is 2. The SMILES string of the molecule is CC(N)c1cc(-c2ccccc2Br)n(C)n1. The molecule has 4 heteroatoms. The van der Waals surface area contributed by atoms with Crippen molar-refractivity contribution in [3.8, 4) is 11.3 Å². The quantitative estimate of drug-likeness (QED) is 0.919. The van der Waals surface area contributed by atoms with Gasteiger partial charge in [-0.15, -0.1) is 0 Å². The zero-order valence-corrected chi connectivity index (χ0v) is 10.9. The van der Waals surface area contributed by atoms with Crippen LogP contribution in [0.5, 0.6) is 0 Å². The van der Waals surface area contributed by atoms with Crippen molar-refractivity contribution in [2.75, 3.05) is 0 Å². The van der Waals surface area contributed by atoms with E-state index in [1.807, 2.05) is 42.9 Å². The van der Waals surface area contributed by atoms with Crippen LogP contribution in [-0.2, 0) is 7.05 Å². The van der Waals surface area contributed by atoms with Crippen molar-refractivity contribution in [2.24, 2.45) is 12.8 Å². The van der Waals surface area contributed by atoms with E-state index < -0.39 is 0 Å². The van der Waals surface area contributed by atoms with Crippen LogP contribution in [0.1, 0.15) is 18.7 Å². The van der Waals surface area contributed by atoms with Gasteiger partial charge in [0, 0.05) is 23.1 Å². The normalized spacial score (nSPS) is 12.8. The fourth-order valence-electron chi connectivity index (χ4n) is 1.63. The summed E-state index contributed by atoms with van der Waals surface area (Å²) in [6, 6.07) is 10.1. The van der Waals surface area contributed by atoms with Crippen molar-refractivity contribution in [2.45, 2.75) is 13.0 Å². The monoisotopic (exact) mass is 279 g/mol. The summed E-state index contributed by atoms with van der Waals surface area (Å²) in [5, 5.41) is 4.40. The Kier molecular flexibility index (Phi) is 3.12. The number of rotatable bonds is 2. The molecule has 3 nitrogen and oxygen atoms in total. The number of nitrogens with two attached hydrogens (primary N) is 1. The average Bonchev–Trinajstić information content (AvgIpc) is 2.61. The van der Waals surface area contributed by atoms with Gasteiger partial charge in [0.2, 0.25) is 0 Å². The molecule has 2 N–H and O–H groups in total. The third-order valence-electron chi connectivity index (χ3n) is 2.52. The Bertz CT molecular complexity index is 503. The Balaban J connectivity index is 2.52. The van der Waals surface area contributed by atoms with Crippen LogP contribution in [-0.4, -0.2) is 9.78 Å². The summed E-state index contributed by atoms with van der Waals surface area (Å²) in [7, 11) is 1.93. The highest BCUT2D eigenvalue weighted by atomic mass is 79.9. The summed E-state index contributed by atoms with van der Waals surface area (Å²) in [6.45, 7) is 1.94. The van der Waals surface area contributed by atoms with Crippen LogP contribution in [0.4, 0.5) is 0 Å². The predicted molar refractivity (Wildman–Crippen MR) is 68.9 cm³/mol. The summed E-state index contributed by atoms with van der Waals surface area (Å²) in [5.41, 5.74) is 8.93. The maximum absolute atomic E-state index is 5.82. The van der Waals surface area contributed by atoms with Gasteiger partial charge in [0.1, 0.15) is 0 Å². The number of benzene rings is 1. The van der Waals surface area contributed by atoms with Crippen molar-refractivity contribution in [1.29, 1.82) is 0 Å². The predicted octanol–water partition coefficient (Wildman–Crippen LogP) is 2.87. The van der Waals surface area contributed by atoms with Crippen molar-refractivity contribution >= 4 is 15.9 Å². The minimum absolute atomic E-state index is 0.0394. The molecule has 1 unspecified atom stereocenters. The van der Waals surface area contributed by atoms with Gasteiger partial charge in [-0.2, -0.15) is 5.10 Å². The van der Waals surface area contributed by atoms with Gasteiger partial charge in [-0.25, -0.2) is 0 Å². The van der Waals surface area contributed by atoms with Crippen LogP contribution in [0.25, 0.3) is 11.3 Å². The zero-order valence-electron chi connectivity index (χ0n) is 9.31. The maximum Gasteiger partial charge on any atom is 0.0795 e. The topological polar surface area (TPSA) is 43.8 Å². The molecule has 0 fully saturated rings. The van der Waals surface area contributed by atoms with Crippen LogP contribution in [0, 0.1) is 0 Å². The minimum Gasteiger partial charge on any atom is -0.323 e. The van der Waals surface area contributed by atoms with Crippen LogP contribution in [0.2, 0.25) is 0 Å². The summed E-state index contributed by atoms with van der Waals surface area (Å²) >= 11 is 3.54. The summed E-state index contributed by atoms with van der Waals surface area (Å²) in [4.78, 5) is 0. The van der Waals surface area contributed by atoms with Crippen molar-refractivity contribution in [3.63, 3.8) is 0 Å². The second kappa shape index (κ2) is 4.39. The van der Waals surface area contributed by atoms with E-state index in [2.05, 4.69) is 27.1 Å². The van der Waals surface area contributed by atoms with Gasteiger partial charge in [-0.1, -0.05) is 34.1 Å². The zero-order chi connectivity index (χ0) is 11.7. The average molecular weight is 280 g/mol. The largest absolute Gasteiger partial charge is 0.323 e. The molecule has 1 atom stereocenters. The Morgan fingerprint density at radius 3 is 2.62 bits per heavy atom. The number of hydrogen-bond acceptors (Lipinski definition) is 2. The highest BCUT2D eigenvalue weighted by molar-refractivity contribution is 9.10. The second-order valence-electron chi connectivity index (χ2n) is 3.85. The number of aryl methyl sites for hydroxylation is 1. The Morgan fingerprint density at radius 2 is 2.06 bits per heavy atom. The molecule has 2 aromatic rings. The fraction of sp³-hybridized carbons (Fsp3) is 0.250. The smallest absolute Gasteiger partial charge is 0.0795 e. The lowest BCUT2D eigenvalue weighted by atomic mass is 10.1. The molecule has 1 aromatic carbocycles. The minimum atomic E-state index is -0.0394. The van der Waals surface area contributed by atoms with E-state index in [9.17, 15) is 0 Å². The molecule has 0 amide bonds. The van der Waals surface area contributed by atoms with Crippen LogP contribution in [0.3, 0.4) is 0 Å². The van der Waals surface area contributed by atoms with Crippen LogP contribution >= 0.6 is 15.9 Å². The molecule has 1 aromatic heterocycles.